The van der Waals surface area contributed by atoms with E-state index < -0.39 is 0 Å². The Morgan fingerprint density at radius 3 is 2.12 bits per heavy atom. The van der Waals surface area contributed by atoms with E-state index in [1.54, 1.807) is 0 Å². The van der Waals surface area contributed by atoms with Crippen LogP contribution >= 0.6 is 0 Å². The van der Waals surface area contributed by atoms with Gasteiger partial charge < -0.3 is 11.5 Å². The van der Waals surface area contributed by atoms with E-state index in [4.69, 9.17) is 11.5 Å². The van der Waals surface area contributed by atoms with E-state index in [1.165, 1.54) is 0 Å². The van der Waals surface area contributed by atoms with Crippen molar-refractivity contribution in [3.63, 3.8) is 0 Å². The standard InChI is InChI=1S/C15H16N2/c1-11(13-7-3-5-9-15(13)17)10-12-6-2-4-8-14(12)16/h2-10H,16-17H2,1H3/b11-10+. The Kier molecular flexibility index (Phi) is 3.15. The highest BCUT2D eigenvalue weighted by atomic mass is 14.6. The fraction of sp³-hybridized carbons (Fsp3) is 0.0667. The fourth-order valence-corrected chi connectivity index (χ4v) is 1.81. The van der Waals surface area contributed by atoms with E-state index in [9.17, 15) is 0 Å². The molecule has 0 spiro atoms. The molecule has 0 radical (unpaired) electrons. The van der Waals surface area contributed by atoms with Gasteiger partial charge in [-0.2, -0.15) is 0 Å². The number of anilines is 2. The summed E-state index contributed by atoms with van der Waals surface area (Å²) in [6.45, 7) is 2.04. The third kappa shape index (κ3) is 2.48. The van der Waals surface area contributed by atoms with Gasteiger partial charge in [-0.3, -0.25) is 0 Å². The van der Waals surface area contributed by atoms with Crippen LogP contribution in [-0.4, -0.2) is 0 Å². The third-order valence-electron chi connectivity index (χ3n) is 2.75. The molecule has 0 aromatic heterocycles. The maximum atomic E-state index is 5.94. The lowest BCUT2D eigenvalue weighted by molar-refractivity contribution is 1.56. The molecule has 0 saturated carbocycles. The summed E-state index contributed by atoms with van der Waals surface area (Å²) in [4.78, 5) is 0. The topological polar surface area (TPSA) is 52.0 Å². The van der Waals surface area contributed by atoms with Gasteiger partial charge in [-0.1, -0.05) is 36.4 Å². The average molecular weight is 224 g/mol. The number of allylic oxidation sites excluding steroid dienone is 1. The zero-order valence-electron chi connectivity index (χ0n) is 9.85. The predicted octanol–water partition coefficient (Wildman–Crippen LogP) is 3.41. The van der Waals surface area contributed by atoms with Gasteiger partial charge in [0.05, 0.1) is 0 Å². The second kappa shape index (κ2) is 4.74. The van der Waals surface area contributed by atoms with Crippen molar-refractivity contribution >= 4 is 23.0 Å². The van der Waals surface area contributed by atoms with Crippen molar-refractivity contribution in [2.24, 2.45) is 0 Å². The zero-order valence-corrected chi connectivity index (χ0v) is 9.85. The third-order valence-corrected chi connectivity index (χ3v) is 2.75. The maximum absolute atomic E-state index is 5.94. The Balaban J connectivity index is 2.42. The molecular weight excluding hydrogens is 208 g/mol. The predicted molar refractivity (Wildman–Crippen MR) is 75.3 cm³/mol. The minimum atomic E-state index is 0.779. The molecule has 0 fully saturated rings. The molecule has 2 rings (SSSR count). The van der Waals surface area contributed by atoms with Crippen molar-refractivity contribution in [1.29, 1.82) is 0 Å². The van der Waals surface area contributed by atoms with Gasteiger partial charge in [0, 0.05) is 16.9 Å². The van der Waals surface area contributed by atoms with Crippen molar-refractivity contribution in [3.05, 3.63) is 59.7 Å². The summed E-state index contributed by atoms with van der Waals surface area (Å²) in [7, 11) is 0. The van der Waals surface area contributed by atoms with Crippen LogP contribution in [0, 0.1) is 0 Å². The van der Waals surface area contributed by atoms with Crippen LogP contribution in [0.1, 0.15) is 18.1 Å². The highest BCUT2D eigenvalue weighted by Gasteiger charge is 2.01. The van der Waals surface area contributed by atoms with Crippen molar-refractivity contribution in [2.45, 2.75) is 6.92 Å². The highest BCUT2D eigenvalue weighted by molar-refractivity contribution is 5.87. The first-order valence-electron chi connectivity index (χ1n) is 5.56. The molecule has 0 aliphatic carbocycles. The summed E-state index contributed by atoms with van der Waals surface area (Å²) in [5, 5.41) is 0. The molecule has 0 aliphatic heterocycles. The number of hydrogen-bond donors (Lipinski definition) is 2. The Morgan fingerprint density at radius 2 is 1.47 bits per heavy atom. The molecule has 0 aliphatic rings. The minimum Gasteiger partial charge on any atom is -0.398 e. The van der Waals surface area contributed by atoms with Crippen LogP contribution in [0.4, 0.5) is 11.4 Å². The molecule has 2 aromatic carbocycles. The van der Waals surface area contributed by atoms with Crippen molar-refractivity contribution in [3.8, 4) is 0 Å². The minimum absolute atomic E-state index is 0.779. The molecule has 2 aromatic rings. The van der Waals surface area contributed by atoms with E-state index in [2.05, 4.69) is 6.08 Å². The normalized spacial score (nSPS) is 11.5. The van der Waals surface area contributed by atoms with Crippen molar-refractivity contribution < 1.29 is 0 Å². The van der Waals surface area contributed by atoms with Crippen LogP contribution in [0.2, 0.25) is 0 Å². The van der Waals surface area contributed by atoms with Crippen LogP contribution in [-0.2, 0) is 0 Å². The quantitative estimate of drug-likeness (QED) is 0.606. The Labute approximate surface area is 102 Å². The van der Waals surface area contributed by atoms with Crippen LogP contribution in [0.5, 0.6) is 0 Å². The van der Waals surface area contributed by atoms with Gasteiger partial charge in [0.2, 0.25) is 0 Å². The summed E-state index contributed by atoms with van der Waals surface area (Å²) in [6.07, 6.45) is 2.06. The van der Waals surface area contributed by atoms with E-state index in [1.807, 2.05) is 55.5 Å². The molecule has 4 N–H and O–H groups in total. The van der Waals surface area contributed by atoms with Crippen LogP contribution in [0.25, 0.3) is 11.6 Å². The highest BCUT2D eigenvalue weighted by Crippen LogP contribution is 2.24. The second-order valence-corrected chi connectivity index (χ2v) is 4.04. The van der Waals surface area contributed by atoms with Crippen molar-refractivity contribution in [1.82, 2.24) is 0 Å². The van der Waals surface area contributed by atoms with E-state index >= 15 is 0 Å². The second-order valence-electron chi connectivity index (χ2n) is 4.04. The van der Waals surface area contributed by atoms with Gasteiger partial charge in [-0.05, 0) is 36.3 Å². The number of nitrogen functional groups attached to an aromatic ring is 2. The number of para-hydroxylation sites is 2. The van der Waals surface area contributed by atoms with Crippen molar-refractivity contribution in [2.75, 3.05) is 11.5 Å². The molecule has 0 bridgehead atoms. The summed E-state index contributed by atoms with van der Waals surface area (Å²) >= 11 is 0. The van der Waals surface area contributed by atoms with E-state index in [-0.39, 0.29) is 0 Å². The maximum Gasteiger partial charge on any atom is 0.0390 e. The Hall–Kier alpha value is -2.22. The largest absolute Gasteiger partial charge is 0.398 e. The SMILES string of the molecule is C/C(=C\c1ccccc1N)c1ccccc1N. The number of nitrogens with two attached hydrogens (primary N) is 2. The molecule has 0 atom stereocenters. The molecule has 0 unspecified atom stereocenters. The number of hydrogen-bond acceptors (Lipinski definition) is 2. The average Bonchev–Trinajstić information content (AvgIpc) is 2.32. The summed E-state index contributed by atoms with van der Waals surface area (Å²) in [6, 6.07) is 15.6. The van der Waals surface area contributed by atoms with Crippen LogP contribution in [0.3, 0.4) is 0 Å². The molecule has 0 heterocycles. The molecule has 2 nitrogen and oxygen atoms in total. The number of benzene rings is 2. The van der Waals surface area contributed by atoms with Crippen LogP contribution < -0.4 is 11.5 Å². The lowest BCUT2D eigenvalue weighted by Crippen LogP contribution is -1.92. The Morgan fingerprint density at radius 1 is 0.882 bits per heavy atom. The summed E-state index contributed by atoms with van der Waals surface area (Å²) in [5.41, 5.74) is 16.6. The van der Waals surface area contributed by atoms with Gasteiger partial charge in [0.15, 0.2) is 0 Å². The first-order valence-corrected chi connectivity index (χ1v) is 5.56. The fourth-order valence-electron chi connectivity index (χ4n) is 1.81. The Bertz CT molecular complexity index is 556. The molecule has 0 amide bonds. The first-order chi connectivity index (χ1) is 8.18. The van der Waals surface area contributed by atoms with Gasteiger partial charge in [-0.15, -0.1) is 0 Å². The van der Waals surface area contributed by atoms with Gasteiger partial charge in [0.25, 0.3) is 0 Å². The monoisotopic (exact) mass is 224 g/mol. The zero-order chi connectivity index (χ0) is 12.3. The van der Waals surface area contributed by atoms with E-state index in [0.717, 1.165) is 28.1 Å². The molecule has 0 saturated heterocycles. The molecule has 17 heavy (non-hydrogen) atoms. The van der Waals surface area contributed by atoms with Gasteiger partial charge in [0.1, 0.15) is 0 Å². The number of rotatable bonds is 2. The molecular formula is C15H16N2. The molecule has 86 valence electrons. The summed E-state index contributed by atoms with van der Waals surface area (Å²) < 4.78 is 0. The van der Waals surface area contributed by atoms with Gasteiger partial charge >= 0.3 is 0 Å². The van der Waals surface area contributed by atoms with E-state index in [0.29, 0.717) is 0 Å². The lowest BCUT2D eigenvalue weighted by Gasteiger charge is -2.06. The lowest BCUT2D eigenvalue weighted by atomic mass is 10.0. The summed E-state index contributed by atoms with van der Waals surface area (Å²) in [5.74, 6) is 0. The van der Waals surface area contributed by atoms with Gasteiger partial charge in [-0.25, -0.2) is 0 Å². The molecule has 2 heteroatoms. The first kappa shape index (κ1) is 11.3. The van der Waals surface area contributed by atoms with Crippen LogP contribution in [0.15, 0.2) is 48.5 Å². The smallest absolute Gasteiger partial charge is 0.0390 e.